The molecule has 1 aromatic heterocycles. The molecule has 6 heteroatoms. The first-order valence-corrected chi connectivity index (χ1v) is 8.76. The van der Waals surface area contributed by atoms with Crippen molar-refractivity contribution in [3.05, 3.63) is 106 Å². The van der Waals surface area contributed by atoms with E-state index in [1.165, 1.54) is 24.4 Å². The Kier molecular flexibility index (Phi) is 5.79. The highest BCUT2D eigenvalue weighted by molar-refractivity contribution is 6.11. The number of hydrogen-bond donors (Lipinski definition) is 1. The molecule has 0 aliphatic heterocycles. The van der Waals surface area contributed by atoms with Crippen molar-refractivity contribution < 1.29 is 14.0 Å². The number of nitrogens with one attached hydrogen (secondary N) is 1. The summed E-state index contributed by atoms with van der Waals surface area (Å²) in [7, 11) is 0. The van der Waals surface area contributed by atoms with Crippen molar-refractivity contribution in [2.24, 2.45) is 0 Å². The van der Waals surface area contributed by atoms with Crippen molar-refractivity contribution in [3.8, 4) is 0 Å². The molecule has 3 aromatic rings. The topological polar surface area (TPSA) is 68.2 Å². The summed E-state index contributed by atoms with van der Waals surface area (Å²) in [6.45, 7) is 1.98. The molecular weight excluding hydrogens is 359 g/mol. The van der Waals surface area contributed by atoms with Gasteiger partial charge < -0.3 is 5.32 Å². The SMILES string of the molecule is Cc1ccc(=O)n(C(C(=O)NCc2ccccc2)C(=O)c2ccc(F)cc2)c1. The molecule has 0 fully saturated rings. The van der Waals surface area contributed by atoms with E-state index >= 15 is 0 Å². The first kappa shape index (κ1) is 19.2. The summed E-state index contributed by atoms with van der Waals surface area (Å²) in [5, 5.41) is 2.71. The Bertz CT molecular complexity index is 1040. The van der Waals surface area contributed by atoms with Crippen LogP contribution < -0.4 is 10.9 Å². The minimum absolute atomic E-state index is 0.148. The first-order chi connectivity index (χ1) is 13.5. The summed E-state index contributed by atoms with van der Waals surface area (Å²) in [6.07, 6.45) is 1.47. The Balaban J connectivity index is 1.95. The number of nitrogens with zero attached hydrogens (tertiary/aromatic N) is 1. The lowest BCUT2D eigenvalue weighted by Gasteiger charge is -2.19. The number of halogens is 1. The molecule has 1 atom stereocenters. The molecule has 0 saturated heterocycles. The van der Waals surface area contributed by atoms with Crippen LogP contribution in [0.2, 0.25) is 0 Å². The average Bonchev–Trinajstić information content (AvgIpc) is 2.70. The summed E-state index contributed by atoms with van der Waals surface area (Å²) < 4.78 is 14.3. The predicted octanol–water partition coefficient (Wildman–Crippen LogP) is 3.04. The van der Waals surface area contributed by atoms with Crippen molar-refractivity contribution >= 4 is 11.7 Å². The van der Waals surface area contributed by atoms with Gasteiger partial charge in [0.05, 0.1) is 0 Å². The van der Waals surface area contributed by atoms with Gasteiger partial charge in [-0.15, -0.1) is 0 Å². The third-order valence-corrected chi connectivity index (χ3v) is 4.30. The summed E-state index contributed by atoms with van der Waals surface area (Å²) in [5.74, 6) is -1.68. The molecule has 0 bridgehead atoms. The van der Waals surface area contributed by atoms with Gasteiger partial charge in [0.1, 0.15) is 5.82 Å². The second kappa shape index (κ2) is 8.43. The van der Waals surface area contributed by atoms with E-state index in [9.17, 15) is 18.8 Å². The van der Waals surface area contributed by atoms with Gasteiger partial charge in [0.2, 0.25) is 0 Å². The van der Waals surface area contributed by atoms with E-state index in [1.54, 1.807) is 13.0 Å². The van der Waals surface area contributed by atoms with Crippen LogP contribution in [0.1, 0.15) is 27.5 Å². The molecule has 3 rings (SSSR count). The number of ketones is 1. The quantitative estimate of drug-likeness (QED) is 0.530. The number of carbonyl (C=O) groups is 2. The maximum absolute atomic E-state index is 13.2. The van der Waals surface area contributed by atoms with Gasteiger partial charge in [-0.1, -0.05) is 36.4 Å². The van der Waals surface area contributed by atoms with Crippen molar-refractivity contribution in [2.45, 2.75) is 19.5 Å². The van der Waals surface area contributed by atoms with E-state index in [-0.39, 0.29) is 12.1 Å². The Morgan fingerprint density at radius 1 is 1.00 bits per heavy atom. The van der Waals surface area contributed by atoms with Gasteiger partial charge in [-0.3, -0.25) is 19.0 Å². The van der Waals surface area contributed by atoms with Crippen LogP contribution >= 0.6 is 0 Å². The van der Waals surface area contributed by atoms with Gasteiger partial charge in [-0.25, -0.2) is 4.39 Å². The zero-order valence-electron chi connectivity index (χ0n) is 15.3. The molecule has 0 aliphatic rings. The summed E-state index contributed by atoms with van der Waals surface area (Å²) in [4.78, 5) is 38.3. The fourth-order valence-electron chi connectivity index (χ4n) is 2.84. The number of pyridine rings is 1. The lowest BCUT2D eigenvalue weighted by Crippen LogP contribution is -2.41. The van der Waals surface area contributed by atoms with Crippen molar-refractivity contribution in [3.63, 3.8) is 0 Å². The normalized spacial score (nSPS) is 11.6. The number of amides is 1. The summed E-state index contributed by atoms with van der Waals surface area (Å²) in [5.41, 5.74) is 1.27. The van der Waals surface area contributed by atoms with E-state index in [2.05, 4.69) is 5.32 Å². The molecule has 1 heterocycles. The van der Waals surface area contributed by atoms with E-state index < -0.39 is 29.1 Å². The summed E-state index contributed by atoms with van der Waals surface area (Å²) in [6, 6.07) is 15.7. The largest absolute Gasteiger partial charge is 0.350 e. The minimum atomic E-state index is -1.39. The Labute approximate surface area is 161 Å². The molecule has 0 saturated carbocycles. The van der Waals surface area contributed by atoms with Crippen LogP contribution in [0, 0.1) is 12.7 Å². The van der Waals surface area contributed by atoms with E-state index in [0.29, 0.717) is 0 Å². The van der Waals surface area contributed by atoms with Crippen LogP contribution in [-0.4, -0.2) is 16.3 Å². The monoisotopic (exact) mass is 378 g/mol. The zero-order valence-corrected chi connectivity index (χ0v) is 15.3. The number of carbonyl (C=O) groups excluding carboxylic acids is 2. The Morgan fingerprint density at radius 2 is 1.68 bits per heavy atom. The smallest absolute Gasteiger partial charge is 0.251 e. The van der Waals surface area contributed by atoms with Crippen LogP contribution in [0.3, 0.4) is 0 Å². The van der Waals surface area contributed by atoms with Crippen LogP contribution in [0.15, 0.2) is 77.7 Å². The number of hydrogen-bond acceptors (Lipinski definition) is 3. The van der Waals surface area contributed by atoms with Crippen LogP contribution in [0.5, 0.6) is 0 Å². The Hall–Kier alpha value is -3.54. The number of rotatable bonds is 6. The fraction of sp³-hybridized carbons (Fsp3) is 0.136. The van der Waals surface area contributed by atoms with Gasteiger partial charge in [0, 0.05) is 24.4 Å². The molecule has 28 heavy (non-hydrogen) atoms. The van der Waals surface area contributed by atoms with Gasteiger partial charge >= 0.3 is 0 Å². The maximum Gasteiger partial charge on any atom is 0.251 e. The number of aryl methyl sites for hydroxylation is 1. The third-order valence-electron chi connectivity index (χ3n) is 4.30. The molecular formula is C22H19FN2O3. The second-order valence-corrected chi connectivity index (χ2v) is 6.43. The molecule has 0 radical (unpaired) electrons. The van der Waals surface area contributed by atoms with Gasteiger partial charge in [-0.2, -0.15) is 0 Å². The second-order valence-electron chi connectivity index (χ2n) is 6.43. The Morgan fingerprint density at radius 3 is 2.36 bits per heavy atom. The lowest BCUT2D eigenvalue weighted by molar-refractivity contribution is -0.123. The predicted molar refractivity (Wildman–Crippen MR) is 103 cm³/mol. The van der Waals surface area contributed by atoms with E-state index in [1.807, 2.05) is 30.3 Å². The fourth-order valence-corrected chi connectivity index (χ4v) is 2.84. The highest BCUT2D eigenvalue weighted by Crippen LogP contribution is 2.15. The number of aromatic nitrogens is 1. The number of Topliss-reactive ketones (excluding diaryl/α,β-unsaturated/α-hetero) is 1. The average molecular weight is 378 g/mol. The van der Waals surface area contributed by atoms with Crippen molar-refractivity contribution in [1.82, 2.24) is 9.88 Å². The molecule has 5 nitrogen and oxygen atoms in total. The third kappa shape index (κ3) is 4.40. The maximum atomic E-state index is 13.2. The molecule has 1 N–H and O–H groups in total. The molecule has 1 amide bonds. The molecule has 142 valence electrons. The van der Waals surface area contributed by atoms with Gasteiger partial charge in [0.15, 0.2) is 11.8 Å². The molecule has 0 spiro atoms. The zero-order chi connectivity index (χ0) is 20.1. The van der Waals surface area contributed by atoms with E-state index in [4.69, 9.17) is 0 Å². The van der Waals surface area contributed by atoms with Gasteiger partial charge in [0.25, 0.3) is 11.5 Å². The highest BCUT2D eigenvalue weighted by atomic mass is 19.1. The molecule has 1 unspecified atom stereocenters. The first-order valence-electron chi connectivity index (χ1n) is 8.76. The highest BCUT2D eigenvalue weighted by Gasteiger charge is 2.30. The number of benzene rings is 2. The van der Waals surface area contributed by atoms with Crippen LogP contribution in [0.4, 0.5) is 4.39 Å². The van der Waals surface area contributed by atoms with Crippen LogP contribution in [-0.2, 0) is 11.3 Å². The lowest BCUT2D eigenvalue weighted by atomic mass is 10.0. The van der Waals surface area contributed by atoms with E-state index in [0.717, 1.165) is 27.8 Å². The minimum Gasteiger partial charge on any atom is -0.350 e. The van der Waals surface area contributed by atoms with Crippen molar-refractivity contribution in [1.29, 1.82) is 0 Å². The standard InChI is InChI=1S/C22H19FN2O3/c1-15-7-12-19(26)25(14-15)20(21(27)17-8-10-18(23)11-9-17)22(28)24-13-16-5-3-2-4-6-16/h2-12,14,20H,13H2,1H3,(H,24,28). The molecule has 0 aliphatic carbocycles. The van der Waals surface area contributed by atoms with Crippen LogP contribution in [0.25, 0.3) is 0 Å². The van der Waals surface area contributed by atoms with Gasteiger partial charge in [-0.05, 0) is 42.3 Å². The molecule has 2 aromatic carbocycles. The van der Waals surface area contributed by atoms with Crippen molar-refractivity contribution in [2.75, 3.05) is 0 Å². The summed E-state index contributed by atoms with van der Waals surface area (Å²) >= 11 is 0.